The van der Waals surface area contributed by atoms with Gasteiger partial charge in [0.1, 0.15) is 5.75 Å². The molecule has 3 aromatic rings. The lowest BCUT2D eigenvalue weighted by atomic mass is 10.2. The smallest absolute Gasteiger partial charge is 0.417 e. The number of rotatable bonds is 4. The van der Waals surface area contributed by atoms with Crippen molar-refractivity contribution in [3.05, 3.63) is 59.5 Å². The molecule has 0 bridgehead atoms. The maximum Gasteiger partial charge on any atom is 0.417 e. The van der Waals surface area contributed by atoms with Crippen LogP contribution in [0.5, 0.6) is 5.75 Å². The van der Waals surface area contributed by atoms with Crippen LogP contribution in [-0.2, 0) is 12.7 Å². The van der Waals surface area contributed by atoms with Gasteiger partial charge in [-0.25, -0.2) is 0 Å². The Morgan fingerprint density at radius 1 is 1.20 bits per heavy atom. The zero-order valence-electron chi connectivity index (χ0n) is 13.0. The lowest BCUT2D eigenvalue weighted by Gasteiger charge is -2.09. The molecule has 2 aromatic heterocycles. The van der Waals surface area contributed by atoms with Crippen molar-refractivity contribution in [2.45, 2.75) is 12.7 Å². The van der Waals surface area contributed by atoms with Crippen LogP contribution in [0.4, 0.5) is 13.2 Å². The van der Waals surface area contributed by atoms with E-state index in [-0.39, 0.29) is 18.0 Å². The van der Waals surface area contributed by atoms with Crippen LogP contribution in [-0.4, -0.2) is 27.6 Å². The molecule has 9 heteroatoms. The van der Waals surface area contributed by atoms with E-state index >= 15 is 0 Å². The van der Waals surface area contributed by atoms with E-state index < -0.39 is 17.6 Å². The van der Waals surface area contributed by atoms with Gasteiger partial charge in [-0.3, -0.25) is 9.20 Å². The number of carbonyl (C=O) groups is 1. The fourth-order valence-corrected chi connectivity index (χ4v) is 2.31. The number of para-hydroxylation sites is 1. The van der Waals surface area contributed by atoms with E-state index in [1.807, 2.05) is 0 Å². The van der Waals surface area contributed by atoms with E-state index in [9.17, 15) is 18.0 Å². The van der Waals surface area contributed by atoms with Gasteiger partial charge in [0.15, 0.2) is 11.5 Å². The fraction of sp³-hybridized carbons (Fsp3) is 0.188. The Hall–Kier alpha value is -3.10. The molecule has 3 rings (SSSR count). The van der Waals surface area contributed by atoms with Gasteiger partial charge in [0, 0.05) is 6.20 Å². The first-order chi connectivity index (χ1) is 11.9. The van der Waals surface area contributed by atoms with Crippen molar-refractivity contribution < 1.29 is 22.7 Å². The molecule has 0 radical (unpaired) electrons. The third-order valence-corrected chi connectivity index (χ3v) is 3.56. The summed E-state index contributed by atoms with van der Waals surface area (Å²) in [7, 11) is 1.44. The van der Waals surface area contributed by atoms with Crippen LogP contribution >= 0.6 is 0 Å². The van der Waals surface area contributed by atoms with Crippen molar-refractivity contribution in [3.8, 4) is 5.75 Å². The lowest BCUT2D eigenvalue weighted by molar-refractivity contribution is -0.137. The third-order valence-electron chi connectivity index (χ3n) is 3.56. The van der Waals surface area contributed by atoms with Crippen molar-refractivity contribution >= 4 is 11.6 Å². The van der Waals surface area contributed by atoms with Gasteiger partial charge in [0.2, 0.25) is 0 Å². The molecule has 1 amide bonds. The van der Waals surface area contributed by atoms with Crippen molar-refractivity contribution in [3.63, 3.8) is 0 Å². The number of halogens is 3. The van der Waals surface area contributed by atoms with Gasteiger partial charge in [0.25, 0.3) is 5.91 Å². The minimum absolute atomic E-state index is 0.0840. The van der Waals surface area contributed by atoms with E-state index in [2.05, 4.69) is 15.5 Å². The summed E-state index contributed by atoms with van der Waals surface area (Å²) >= 11 is 0. The van der Waals surface area contributed by atoms with Crippen LogP contribution in [0.1, 0.15) is 21.7 Å². The second-order valence-corrected chi connectivity index (χ2v) is 5.14. The molecule has 0 saturated heterocycles. The highest BCUT2D eigenvalue weighted by molar-refractivity contribution is 5.96. The fourth-order valence-electron chi connectivity index (χ4n) is 2.31. The normalized spacial score (nSPS) is 11.5. The van der Waals surface area contributed by atoms with Gasteiger partial charge >= 0.3 is 6.18 Å². The predicted molar refractivity (Wildman–Crippen MR) is 82.2 cm³/mol. The SMILES string of the molecule is COc1ccccc1C(=O)NCc1nnc2ccc(C(F)(F)F)cn12. The molecule has 1 N–H and O–H groups in total. The van der Waals surface area contributed by atoms with Crippen LogP contribution in [0, 0.1) is 0 Å². The zero-order valence-corrected chi connectivity index (χ0v) is 13.0. The van der Waals surface area contributed by atoms with Crippen LogP contribution < -0.4 is 10.1 Å². The van der Waals surface area contributed by atoms with Crippen LogP contribution in [0.15, 0.2) is 42.6 Å². The van der Waals surface area contributed by atoms with E-state index in [1.165, 1.54) is 17.6 Å². The van der Waals surface area contributed by atoms with E-state index in [1.54, 1.807) is 24.3 Å². The molecule has 0 unspecified atom stereocenters. The van der Waals surface area contributed by atoms with E-state index in [4.69, 9.17) is 4.74 Å². The maximum absolute atomic E-state index is 12.8. The number of aromatic nitrogens is 3. The molecular formula is C16H13F3N4O2. The van der Waals surface area contributed by atoms with Crippen molar-refractivity contribution in [2.24, 2.45) is 0 Å². The molecule has 0 fully saturated rings. The summed E-state index contributed by atoms with van der Waals surface area (Å²) in [4.78, 5) is 12.3. The first-order valence-electron chi connectivity index (χ1n) is 7.22. The van der Waals surface area contributed by atoms with Crippen molar-refractivity contribution in [1.29, 1.82) is 0 Å². The highest BCUT2D eigenvalue weighted by Crippen LogP contribution is 2.29. The lowest BCUT2D eigenvalue weighted by Crippen LogP contribution is -2.24. The standard InChI is InChI=1S/C16H13F3N4O2/c1-25-12-5-3-2-4-11(12)15(24)20-8-14-22-21-13-7-6-10(9-23(13)14)16(17,18)19/h2-7,9H,8H2,1H3,(H,20,24). The number of carbonyl (C=O) groups excluding carboxylic acids is 1. The third kappa shape index (κ3) is 3.39. The molecule has 130 valence electrons. The summed E-state index contributed by atoms with van der Waals surface area (Å²) in [5.74, 6) is 0.149. The average Bonchev–Trinajstić information content (AvgIpc) is 3.01. The number of fused-ring (bicyclic) bond motifs is 1. The van der Waals surface area contributed by atoms with Gasteiger partial charge in [0.05, 0.1) is 24.8 Å². The van der Waals surface area contributed by atoms with Crippen molar-refractivity contribution in [2.75, 3.05) is 7.11 Å². The molecule has 0 spiro atoms. The second-order valence-electron chi connectivity index (χ2n) is 5.14. The molecule has 6 nitrogen and oxygen atoms in total. The number of nitrogens with zero attached hydrogens (tertiary/aromatic N) is 3. The number of pyridine rings is 1. The number of alkyl halides is 3. The number of nitrogens with one attached hydrogen (secondary N) is 1. The number of ether oxygens (including phenoxy) is 1. The highest BCUT2D eigenvalue weighted by Gasteiger charge is 2.31. The van der Waals surface area contributed by atoms with Gasteiger partial charge in [-0.15, -0.1) is 10.2 Å². The molecule has 0 saturated carbocycles. The van der Waals surface area contributed by atoms with Gasteiger partial charge in [-0.05, 0) is 24.3 Å². The van der Waals surface area contributed by atoms with Gasteiger partial charge < -0.3 is 10.1 Å². The Morgan fingerprint density at radius 3 is 2.68 bits per heavy atom. The molecule has 2 heterocycles. The number of benzene rings is 1. The van der Waals surface area contributed by atoms with E-state index in [0.717, 1.165) is 12.3 Å². The Morgan fingerprint density at radius 2 is 1.96 bits per heavy atom. The molecule has 0 aliphatic carbocycles. The van der Waals surface area contributed by atoms with E-state index in [0.29, 0.717) is 11.3 Å². The van der Waals surface area contributed by atoms with Gasteiger partial charge in [-0.1, -0.05) is 12.1 Å². The summed E-state index contributed by atoms with van der Waals surface area (Å²) in [6.07, 6.45) is -3.57. The molecular weight excluding hydrogens is 337 g/mol. The summed E-state index contributed by atoms with van der Waals surface area (Å²) in [6.45, 7) is -0.0840. The number of hydrogen-bond acceptors (Lipinski definition) is 4. The highest BCUT2D eigenvalue weighted by atomic mass is 19.4. The number of amides is 1. The summed E-state index contributed by atoms with van der Waals surface area (Å²) in [6, 6.07) is 8.78. The minimum atomic E-state index is -4.48. The Balaban J connectivity index is 1.82. The Bertz CT molecular complexity index is 921. The summed E-state index contributed by atoms with van der Waals surface area (Å²) in [5, 5.41) is 10.2. The van der Waals surface area contributed by atoms with Gasteiger partial charge in [-0.2, -0.15) is 13.2 Å². The molecule has 0 atom stereocenters. The molecule has 25 heavy (non-hydrogen) atoms. The number of methoxy groups -OCH3 is 1. The van der Waals surface area contributed by atoms with Crippen LogP contribution in [0.25, 0.3) is 5.65 Å². The topological polar surface area (TPSA) is 68.5 Å². The Kier molecular flexibility index (Phi) is 4.30. The van der Waals surface area contributed by atoms with Crippen LogP contribution in [0.3, 0.4) is 0 Å². The first kappa shape index (κ1) is 16.7. The monoisotopic (exact) mass is 350 g/mol. The number of hydrogen-bond donors (Lipinski definition) is 1. The first-order valence-corrected chi connectivity index (χ1v) is 7.22. The Labute approximate surface area is 140 Å². The quantitative estimate of drug-likeness (QED) is 0.786. The summed E-state index contributed by atoms with van der Waals surface area (Å²) < 4.78 is 44.8. The molecule has 0 aliphatic rings. The molecule has 0 aliphatic heterocycles. The molecule has 1 aromatic carbocycles. The van der Waals surface area contributed by atoms with Crippen LogP contribution in [0.2, 0.25) is 0 Å². The maximum atomic E-state index is 12.8. The van der Waals surface area contributed by atoms with Crippen molar-refractivity contribution in [1.82, 2.24) is 19.9 Å². The second kappa shape index (κ2) is 6.42. The summed E-state index contributed by atoms with van der Waals surface area (Å²) in [5.41, 5.74) is -0.249. The predicted octanol–water partition coefficient (Wildman–Crippen LogP) is 2.69. The average molecular weight is 350 g/mol. The zero-order chi connectivity index (χ0) is 18.0. The largest absolute Gasteiger partial charge is 0.496 e. The minimum Gasteiger partial charge on any atom is -0.496 e.